The van der Waals surface area contributed by atoms with Crippen LogP contribution in [0.5, 0.6) is 0 Å². The van der Waals surface area contributed by atoms with Gasteiger partial charge in [-0.15, -0.1) is 0 Å². The van der Waals surface area contributed by atoms with Gasteiger partial charge in [-0.3, -0.25) is 0 Å². The first-order valence-corrected chi connectivity index (χ1v) is 19.1. The van der Waals surface area contributed by atoms with Crippen LogP contribution in [-0.4, -0.2) is 258 Å². The molecule has 356 valence electrons. The van der Waals surface area contributed by atoms with Crippen LogP contribution in [0.15, 0.2) is 0 Å². The summed E-state index contributed by atoms with van der Waals surface area (Å²) in [5, 5.41) is 113. The standard InChI is InChI=1S/2C10H18O7.2C8H16O5/c2*1-5-8(13)9(14)10(15-2)6(17-5)3-16-4-7(11)12;2*1-4-6(10)7(11)8(12-2)5(3-9)13-4/h2*5-6,8-10,13-14H,3-4H2,1-2H3,(H,11,12);2*4-11H,3H2,1-2H3/p-1. The van der Waals surface area contributed by atoms with Gasteiger partial charge in [-0.1, -0.05) is 0 Å². The highest BCUT2D eigenvalue weighted by molar-refractivity contribution is 5.68. The smallest absolute Gasteiger partial charge is 0.329 e. The van der Waals surface area contributed by atoms with Crippen molar-refractivity contribution in [2.24, 2.45) is 0 Å². The number of aliphatic carboxylic acids is 2. The van der Waals surface area contributed by atoms with Gasteiger partial charge in [-0.25, -0.2) is 4.79 Å². The Balaban J connectivity index is 0.000000403. The SMILES string of the molecule is COC1C(CO)OC(C)C(O)C1O.COC1C(CO)OC(C)C(O)C1O.COC1C(COCC(=O)O)OC(C)C(O)C1O.COC1C(COCC(=O)[O-])OC(C)C(O)C1O. The van der Waals surface area contributed by atoms with Gasteiger partial charge in [0.1, 0.15) is 104 Å². The lowest BCUT2D eigenvalue weighted by atomic mass is 9.96. The predicted octanol–water partition coefficient (Wildman–Crippen LogP) is -7.11. The van der Waals surface area contributed by atoms with E-state index < -0.39 is 147 Å². The number of ether oxygens (including phenoxy) is 10. The Morgan fingerprint density at radius 3 is 0.950 bits per heavy atom. The van der Waals surface area contributed by atoms with Crippen LogP contribution in [0, 0.1) is 0 Å². The zero-order valence-electron chi connectivity index (χ0n) is 35.0. The third-order valence-corrected chi connectivity index (χ3v) is 10.2. The molecule has 0 aromatic rings. The Morgan fingerprint density at radius 1 is 0.467 bits per heavy atom. The third kappa shape index (κ3) is 16.4. The second-order valence-corrected chi connectivity index (χ2v) is 14.4. The molecule has 0 aromatic heterocycles. The lowest BCUT2D eigenvalue weighted by Crippen LogP contribution is -2.58. The molecule has 11 N–H and O–H groups in total. The van der Waals surface area contributed by atoms with Crippen LogP contribution < -0.4 is 5.11 Å². The predicted molar refractivity (Wildman–Crippen MR) is 197 cm³/mol. The molecular weight excluding hydrogens is 816 g/mol. The Hall–Kier alpha value is -1.86. The molecule has 20 atom stereocenters. The molecule has 0 aliphatic carbocycles. The zero-order valence-corrected chi connectivity index (χ0v) is 35.0. The van der Waals surface area contributed by atoms with Gasteiger partial charge in [0.05, 0.1) is 63.4 Å². The van der Waals surface area contributed by atoms with E-state index in [0.717, 1.165) is 0 Å². The number of hydrogen-bond donors (Lipinski definition) is 11. The van der Waals surface area contributed by atoms with Gasteiger partial charge >= 0.3 is 5.97 Å². The van der Waals surface area contributed by atoms with Crippen molar-refractivity contribution < 1.29 is 118 Å². The maximum atomic E-state index is 10.3. The van der Waals surface area contributed by atoms with Crippen LogP contribution in [0.3, 0.4) is 0 Å². The van der Waals surface area contributed by atoms with Gasteiger partial charge in [-0.2, -0.15) is 0 Å². The molecule has 4 aliphatic rings. The number of carboxylic acid groups (broad SMARTS) is 2. The summed E-state index contributed by atoms with van der Waals surface area (Å²) in [6.07, 6.45) is -15.5. The minimum atomic E-state index is -1.33. The van der Waals surface area contributed by atoms with Crippen molar-refractivity contribution in [3.05, 3.63) is 0 Å². The normalized spacial score (nSPS) is 41.6. The van der Waals surface area contributed by atoms with Crippen LogP contribution in [0.25, 0.3) is 0 Å². The zero-order chi connectivity index (χ0) is 46.0. The van der Waals surface area contributed by atoms with Crippen molar-refractivity contribution in [3.63, 3.8) is 0 Å². The van der Waals surface area contributed by atoms with Gasteiger partial charge in [0.25, 0.3) is 0 Å². The van der Waals surface area contributed by atoms with E-state index in [4.69, 9.17) is 62.7 Å². The van der Waals surface area contributed by atoms with Crippen LogP contribution >= 0.6 is 0 Å². The molecule has 0 bridgehead atoms. The van der Waals surface area contributed by atoms with E-state index in [1.807, 2.05) is 0 Å². The highest BCUT2D eigenvalue weighted by Gasteiger charge is 2.45. The average Bonchev–Trinajstić information content (AvgIpc) is 3.20. The lowest BCUT2D eigenvalue weighted by molar-refractivity contribution is -0.311. The third-order valence-electron chi connectivity index (χ3n) is 10.2. The fourth-order valence-electron chi connectivity index (χ4n) is 6.75. The molecule has 20 unspecified atom stereocenters. The highest BCUT2D eigenvalue weighted by Crippen LogP contribution is 2.26. The topological polar surface area (TPSA) is 372 Å². The molecule has 4 rings (SSSR count). The van der Waals surface area contributed by atoms with Crippen molar-refractivity contribution >= 4 is 11.9 Å². The van der Waals surface area contributed by atoms with Crippen molar-refractivity contribution in [2.45, 2.75) is 150 Å². The van der Waals surface area contributed by atoms with Gasteiger partial charge in [-0.05, 0) is 27.7 Å². The Bertz CT molecular complexity index is 1100. The molecule has 24 nitrogen and oxygen atoms in total. The molecule has 24 heteroatoms. The van der Waals surface area contributed by atoms with Crippen LogP contribution in [-0.2, 0) is 57.0 Å². The van der Waals surface area contributed by atoms with Gasteiger partial charge < -0.3 is 113 Å². The van der Waals surface area contributed by atoms with Crippen molar-refractivity contribution in [2.75, 3.05) is 68.1 Å². The summed E-state index contributed by atoms with van der Waals surface area (Å²) in [7, 11) is 5.56. The van der Waals surface area contributed by atoms with Crippen molar-refractivity contribution in [1.29, 1.82) is 0 Å². The average molecular weight is 884 g/mol. The summed E-state index contributed by atoms with van der Waals surface area (Å²) in [4.78, 5) is 20.5. The number of rotatable bonds is 14. The minimum Gasteiger partial charge on any atom is -0.548 e. The second-order valence-electron chi connectivity index (χ2n) is 14.4. The summed E-state index contributed by atoms with van der Waals surface area (Å²) in [6, 6.07) is 0. The number of carboxylic acids is 2. The van der Waals surface area contributed by atoms with Crippen molar-refractivity contribution in [1.82, 2.24) is 0 Å². The highest BCUT2D eigenvalue weighted by atomic mass is 16.6. The van der Waals surface area contributed by atoms with E-state index in [1.54, 1.807) is 27.7 Å². The fraction of sp³-hybridized carbons (Fsp3) is 0.944. The molecule has 60 heavy (non-hydrogen) atoms. The molecular formula is C36H67O24-. The van der Waals surface area contributed by atoms with Crippen molar-refractivity contribution in [3.8, 4) is 0 Å². The number of aliphatic hydroxyl groups excluding tert-OH is 10. The maximum absolute atomic E-state index is 10.3. The number of aliphatic hydroxyl groups is 10. The molecule has 4 heterocycles. The number of carbonyl (C=O) groups excluding carboxylic acids is 1. The Kier molecular flexibility index (Phi) is 26.2. The molecule has 0 saturated carbocycles. The molecule has 0 radical (unpaired) electrons. The summed E-state index contributed by atoms with van der Waals surface area (Å²) < 4.78 is 50.9. The molecule has 0 spiro atoms. The Labute approximate surface area is 347 Å². The largest absolute Gasteiger partial charge is 0.548 e. The molecule has 0 amide bonds. The first kappa shape index (κ1) is 56.2. The summed E-state index contributed by atoms with van der Waals surface area (Å²) >= 11 is 0. The number of hydrogen-bond acceptors (Lipinski definition) is 23. The summed E-state index contributed by atoms with van der Waals surface area (Å²) in [5.41, 5.74) is 0. The van der Waals surface area contributed by atoms with E-state index in [-0.39, 0.29) is 26.4 Å². The van der Waals surface area contributed by atoms with E-state index >= 15 is 0 Å². The Morgan fingerprint density at radius 2 is 0.717 bits per heavy atom. The van der Waals surface area contributed by atoms with Gasteiger partial charge in [0.2, 0.25) is 0 Å². The maximum Gasteiger partial charge on any atom is 0.329 e. The lowest BCUT2D eigenvalue weighted by Gasteiger charge is -2.40. The van der Waals surface area contributed by atoms with E-state index in [9.17, 15) is 55.5 Å². The summed E-state index contributed by atoms with van der Waals surface area (Å²) in [5.74, 6) is -2.41. The van der Waals surface area contributed by atoms with Gasteiger partial charge in [0, 0.05) is 28.4 Å². The van der Waals surface area contributed by atoms with Crippen LogP contribution in [0.4, 0.5) is 0 Å². The van der Waals surface area contributed by atoms with Gasteiger partial charge in [0.15, 0.2) is 0 Å². The molecule has 4 aliphatic heterocycles. The van der Waals surface area contributed by atoms with Crippen LogP contribution in [0.1, 0.15) is 27.7 Å². The molecule has 0 aromatic carbocycles. The molecule has 4 saturated heterocycles. The minimum absolute atomic E-state index is 0.0150. The van der Waals surface area contributed by atoms with Crippen LogP contribution in [0.2, 0.25) is 0 Å². The second kappa shape index (κ2) is 28.0. The summed E-state index contributed by atoms with van der Waals surface area (Å²) in [6.45, 7) is 4.98. The first-order valence-electron chi connectivity index (χ1n) is 19.1. The monoisotopic (exact) mass is 883 g/mol. The molecule has 4 fully saturated rings. The quantitative estimate of drug-likeness (QED) is 0.0772. The fourth-order valence-corrected chi connectivity index (χ4v) is 6.75. The van der Waals surface area contributed by atoms with E-state index in [1.165, 1.54) is 28.4 Å². The number of methoxy groups -OCH3 is 4. The number of carbonyl (C=O) groups is 2. The van der Waals surface area contributed by atoms with E-state index in [0.29, 0.717) is 0 Å². The van der Waals surface area contributed by atoms with E-state index in [2.05, 4.69) is 0 Å². The first-order chi connectivity index (χ1) is 28.2.